The Kier molecular flexibility index (Phi) is 4.71. The Labute approximate surface area is 141 Å². The fourth-order valence-corrected chi connectivity index (χ4v) is 3.29. The SMILES string of the molecule is CCOC(=O)C1CCN(c2cc(C)c3cc(Cl)ccc3n2)CC1. The van der Waals surface area contributed by atoms with Gasteiger partial charge in [0, 0.05) is 23.5 Å². The largest absolute Gasteiger partial charge is 0.466 e. The maximum absolute atomic E-state index is 11.8. The highest BCUT2D eigenvalue weighted by molar-refractivity contribution is 6.31. The molecule has 4 nitrogen and oxygen atoms in total. The zero-order valence-corrected chi connectivity index (χ0v) is 14.3. The van der Waals surface area contributed by atoms with E-state index in [1.807, 2.05) is 25.1 Å². The summed E-state index contributed by atoms with van der Waals surface area (Å²) >= 11 is 6.07. The zero-order chi connectivity index (χ0) is 16.4. The van der Waals surface area contributed by atoms with Crippen molar-refractivity contribution in [2.45, 2.75) is 26.7 Å². The number of nitrogens with zero attached hydrogens (tertiary/aromatic N) is 2. The van der Waals surface area contributed by atoms with Gasteiger partial charge in [-0.2, -0.15) is 0 Å². The van der Waals surface area contributed by atoms with Crippen molar-refractivity contribution in [3.8, 4) is 0 Å². The van der Waals surface area contributed by atoms with Crippen molar-refractivity contribution >= 4 is 34.3 Å². The van der Waals surface area contributed by atoms with Crippen molar-refractivity contribution in [2.24, 2.45) is 5.92 Å². The van der Waals surface area contributed by atoms with E-state index < -0.39 is 0 Å². The number of piperidine rings is 1. The summed E-state index contributed by atoms with van der Waals surface area (Å²) in [5, 5.41) is 1.81. The number of benzene rings is 1. The lowest BCUT2D eigenvalue weighted by Crippen LogP contribution is -2.37. The van der Waals surface area contributed by atoms with Crippen LogP contribution >= 0.6 is 11.6 Å². The molecule has 5 heteroatoms. The second kappa shape index (κ2) is 6.75. The monoisotopic (exact) mass is 332 g/mol. The number of anilines is 1. The summed E-state index contributed by atoms with van der Waals surface area (Å²) in [6.07, 6.45) is 1.64. The molecule has 0 spiro atoms. The number of halogens is 1. The Morgan fingerprint density at radius 1 is 1.35 bits per heavy atom. The van der Waals surface area contributed by atoms with Crippen molar-refractivity contribution in [1.82, 2.24) is 4.98 Å². The van der Waals surface area contributed by atoms with Crippen LogP contribution in [-0.2, 0) is 9.53 Å². The van der Waals surface area contributed by atoms with E-state index in [1.165, 1.54) is 5.56 Å². The molecule has 1 saturated heterocycles. The summed E-state index contributed by atoms with van der Waals surface area (Å²) in [4.78, 5) is 18.8. The summed E-state index contributed by atoms with van der Waals surface area (Å²) in [5.74, 6) is 0.927. The molecule has 0 atom stereocenters. The van der Waals surface area contributed by atoms with Gasteiger partial charge in [-0.1, -0.05) is 11.6 Å². The van der Waals surface area contributed by atoms with Gasteiger partial charge in [-0.05, 0) is 56.5 Å². The number of rotatable bonds is 3. The molecule has 3 rings (SSSR count). The Morgan fingerprint density at radius 2 is 2.09 bits per heavy atom. The van der Waals surface area contributed by atoms with Gasteiger partial charge in [0.2, 0.25) is 0 Å². The fraction of sp³-hybridized carbons (Fsp3) is 0.444. The van der Waals surface area contributed by atoms with Crippen LogP contribution < -0.4 is 4.90 Å². The molecule has 0 bridgehead atoms. The topological polar surface area (TPSA) is 42.4 Å². The molecular formula is C18H21ClN2O2. The number of esters is 1. The predicted molar refractivity (Wildman–Crippen MR) is 93.1 cm³/mol. The first kappa shape index (κ1) is 16.1. The van der Waals surface area contributed by atoms with E-state index >= 15 is 0 Å². The third-order valence-corrected chi connectivity index (χ3v) is 4.64. The van der Waals surface area contributed by atoms with Gasteiger partial charge in [0.1, 0.15) is 5.82 Å². The van der Waals surface area contributed by atoms with Crippen molar-refractivity contribution in [2.75, 3.05) is 24.6 Å². The number of hydrogen-bond donors (Lipinski definition) is 0. The Hall–Kier alpha value is -1.81. The second-order valence-electron chi connectivity index (χ2n) is 5.97. The molecule has 122 valence electrons. The van der Waals surface area contributed by atoms with Crippen LogP contribution in [0.1, 0.15) is 25.3 Å². The normalized spacial score (nSPS) is 15.9. The Bertz CT molecular complexity index is 724. The second-order valence-corrected chi connectivity index (χ2v) is 6.41. The fourth-order valence-electron chi connectivity index (χ4n) is 3.12. The average molecular weight is 333 g/mol. The molecule has 0 saturated carbocycles. The minimum absolute atomic E-state index is 0.0200. The molecule has 1 aromatic carbocycles. The number of pyridine rings is 1. The van der Waals surface area contributed by atoms with E-state index in [0.29, 0.717) is 6.61 Å². The summed E-state index contributed by atoms with van der Waals surface area (Å²) in [6, 6.07) is 7.88. The third kappa shape index (κ3) is 3.42. The number of carbonyl (C=O) groups excluding carboxylic acids is 1. The Morgan fingerprint density at radius 3 is 2.78 bits per heavy atom. The van der Waals surface area contributed by atoms with Crippen LogP contribution in [-0.4, -0.2) is 30.6 Å². The van der Waals surface area contributed by atoms with Crippen LogP contribution in [0.2, 0.25) is 5.02 Å². The van der Waals surface area contributed by atoms with Crippen LogP contribution in [0.3, 0.4) is 0 Å². The van der Waals surface area contributed by atoms with Crippen LogP contribution in [0.25, 0.3) is 10.9 Å². The lowest BCUT2D eigenvalue weighted by atomic mass is 9.97. The molecule has 1 fully saturated rings. The van der Waals surface area contributed by atoms with Crippen LogP contribution in [0, 0.1) is 12.8 Å². The highest BCUT2D eigenvalue weighted by Crippen LogP contribution is 2.28. The molecule has 1 aliphatic heterocycles. The number of aryl methyl sites for hydroxylation is 1. The molecule has 1 aromatic heterocycles. The smallest absolute Gasteiger partial charge is 0.309 e. The van der Waals surface area contributed by atoms with E-state index in [0.717, 1.165) is 47.7 Å². The maximum atomic E-state index is 11.8. The predicted octanol–water partition coefficient (Wildman–Crippen LogP) is 3.98. The molecule has 0 amide bonds. The lowest BCUT2D eigenvalue weighted by molar-refractivity contribution is -0.148. The minimum Gasteiger partial charge on any atom is -0.466 e. The van der Waals surface area contributed by atoms with E-state index in [1.54, 1.807) is 0 Å². The van der Waals surface area contributed by atoms with E-state index in [4.69, 9.17) is 21.3 Å². The van der Waals surface area contributed by atoms with Crippen molar-refractivity contribution in [3.05, 3.63) is 34.9 Å². The van der Waals surface area contributed by atoms with Crippen molar-refractivity contribution in [1.29, 1.82) is 0 Å². The molecule has 2 aromatic rings. The van der Waals surface area contributed by atoms with Crippen LogP contribution in [0.15, 0.2) is 24.3 Å². The van der Waals surface area contributed by atoms with E-state index in [-0.39, 0.29) is 11.9 Å². The van der Waals surface area contributed by atoms with Gasteiger partial charge >= 0.3 is 5.97 Å². The first-order chi connectivity index (χ1) is 11.1. The highest BCUT2D eigenvalue weighted by atomic mass is 35.5. The molecular weight excluding hydrogens is 312 g/mol. The first-order valence-corrected chi connectivity index (χ1v) is 8.44. The van der Waals surface area contributed by atoms with Gasteiger partial charge < -0.3 is 9.64 Å². The molecule has 2 heterocycles. The highest BCUT2D eigenvalue weighted by Gasteiger charge is 2.26. The number of aromatic nitrogens is 1. The van der Waals surface area contributed by atoms with Crippen molar-refractivity contribution < 1.29 is 9.53 Å². The molecule has 0 radical (unpaired) electrons. The summed E-state index contributed by atoms with van der Waals surface area (Å²) < 4.78 is 5.12. The third-order valence-electron chi connectivity index (χ3n) is 4.40. The first-order valence-electron chi connectivity index (χ1n) is 8.07. The average Bonchev–Trinajstić information content (AvgIpc) is 2.56. The number of fused-ring (bicyclic) bond motifs is 1. The quantitative estimate of drug-likeness (QED) is 0.797. The minimum atomic E-state index is -0.0653. The molecule has 1 aliphatic rings. The molecule has 23 heavy (non-hydrogen) atoms. The molecule has 0 unspecified atom stereocenters. The number of ether oxygens (including phenoxy) is 1. The summed E-state index contributed by atoms with van der Waals surface area (Å²) in [5.41, 5.74) is 2.12. The van der Waals surface area contributed by atoms with Crippen LogP contribution in [0.4, 0.5) is 5.82 Å². The molecule has 0 N–H and O–H groups in total. The van der Waals surface area contributed by atoms with Gasteiger partial charge in [-0.15, -0.1) is 0 Å². The van der Waals surface area contributed by atoms with E-state index in [2.05, 4.69) is 17.9 Å². The standard InChI is InChI=1S/C18H21ClN2O2/c1-3-23-18(22)13-6-8-21(9-7-13)17-10-12(2)15-11-14(19)4-5-16(15)20-17/h4-5,10-11,13H,3,6-9H2,1-2H3. The molecule has 0 aliphatic carbocycles. The number of carbonyl (C=O) groups is 1. The number of hydrogen-bond acceptors (Lipinski definition) is 4. The van der Waals surface area contributed by atoms with Gasteiger partial charge in [0.15, 0.2) is 0 Å². The lowest BCUT2D eigenvalue weighted by Gasteiger charge is -2.32. The van der Waals surface area contributed by atoms with E-state index in [9.17, 15) is 4.79 Å². The van der Waals surface area contributed by atoms with Crippen molar-refractivity contribution in [3.63, 3.8) is 0 Å². The van der Waals surface area contributed by atoms with Gasteiger partial charge in [-0.25, -0.2) is 4.98 Å². The summed E-state index contributed by atoms with van der Waals surface area (Å²) in [7, 11) is 0. The summed E-state index contributed by atoms with van der Waals surface area (Å²) in [6.45, 7) is 6.04. The van der Waals surface area contributed by atoms with Gasteiger partial charge in [-0.3, -0.25) is 4.79 Å². The zero-order valence-electron chi connectivity index (χ0n) is 13.5. The van der Waals surface area contributed by atoms with Crippen LogP contribution in [0.5, 0.6) is 0 Å². The van der Waals surface area contributed by atoms with Gasteiger partial charge in [0.25, 0.3) is 0 Å². The maximum Gasteiger partial charge on any atom is 0.309 e. The van der Waals surface area contributed by atoms with Gasteiger partial charge in [0.05, 0.1) is 18.0 Å². The Balaban J connectivity index is 1.77.